The van der Waals surface area contributed by atoms with Crippen LogP contribution in [0.5, 0.6) is 0 Å². The van der Waals surface area contributed by atoms with Gasteiger partial charge in [-0.1, -0.05) is 19.0 Å². The largest absolute Gasteiger partial charge is 0.411 e. The van der Waals surface area contributed by atoms with Crippen LogP contribution in [0.4, 0.5) is 0 Å². The molecule has 0 aromatic rings. The number of carbonyl (C=O) groups is 2. The number of hydrogen-bond donors (Lipinski definition) is 5. The van der Waals surface area contributed by atoms with Crippen LogP contribution in [-0.2, 0) is 14.3 Å². The zero-order valence-electron chi connectivity index (χ0n) is 22.5. The molecule has 10 heteroatoms. The van der Waals surface area contributed by atoms with Gasteiger partial charge in [0.2, 0.25) is 11.8 Å². The number of nitrogens with zero attached hydrogens (tertiary/aromatic N) is 2. The molecule has 0 aromatic heterocycles. The summed E-state index contributed by atoms with van der Waals surface area (Å²) in [5.41, 5.74) is 0.922. The first-order valence-corrected chi connectivity index (χ1v) is 12.1. The summed E-state index contributed by atoms with van der Waals surface area (Å²) in [4.78, 5) is 28.7. The van der Waals surface area contributed by atoms with Crippen LogP contribution in [0.1, 0.15) is 67.7 Å². The first-order chi connectivity index (χ1) is 15.9. The highest BCUT2D eigenvalue weighted by molar-refractivity contribution is 5.90. The van der Waals surface area contributed by atoms with E-state index in [2.05, 4.69) is 52.2 Å². The summed E-state index contributed by atoms with van der Waals surface area (Å²) >= 11 is 0. The van der Waals surface area contributed by atoms with Gasteiger partial charge in [0.15, 0.2) is 0 Å². The maximum absolute atomic E-state index is 12.4. The van der Waals surface area contributed by atoms with Gasteiger partial charge in [-0.3, -0.25) is 14.6 Å². The van der Waals surface area contributed by atoms with Crippen molar-refractivity contribution in [2.75, 3.05) is 46.4 Å². The van der Waals surface area contributed by atoms with E-state index in [1.54, 1.807) is 14.0 Å². The zero-order valence-corrected chi connectivity index (χ0v) is 22.5. The Labute approximate surface area is 205 Å². The minimum absolute atomic E-state index is 0.114. The molecule has 0 aromatic carbocycles. The third kappa shape index (κ3) is 13.6. The van der Waals surface area contributed by atoms with Gasteiger partial charge in [0.1, 0.15) is 0 Å². The lowest BCUT2D eigenvalue weighted by Crippen LogP contribution is -2.55. The Morgan fingerprint density at radius 1 is 1.00 bits per heavy atom. The Bertz CT molecular complexity index is 680. The SMILES string of the molecule is CCCOCCNC(=O)CCC(=O)NCC(C)(CNC(C)/C(C)=N\O)CNC(C)(C)C(C)=NC. The van der Waals surface area contributed by atoms with Gasteiger partial charge in [-0.15, -0.1) is 0 Å². The van der Waals surface area contributed by atoms with Crippen molar-refractivity contribution in [3.8, 4) is 0 Å². The Balaban J connectivity index is 4.84. The van der Waals surface area contributed by atoms with Gasteiger partial charge in [0, 0.05) is 69.8 Å². The monoisotopic (exact) mass is 484 g/mol. The maximum atomic E-state index is 12.4. The Kier molecular flexibility index (Phi) is 15.6. The second-order valence-corrected chi connectivity index (χ2v) is 9.68. The van der Waals surface area contributed by atoms with Gasteiger partial charge in [-0.25, -0.2) is 0 Å². The fraction of sp³-hybridized carbons (Fsp3) is 0.833. The van der Waals surface area contributed by atoms with E-state index in [9.17, 15) is 9.59 Å². The Morgan fingerprint density at radius 3 is 2.18 bits per heavy atom. The number of nitrogens with one attached hydrogen (secondary N) is 4. The van der Waals surface area contributed by atoms with Crippen LogP contribution >= 0.6 is 0 Å². The lowest BCUT2D eigenvalue weighted by Gasteiger charge is -2.36. The molecule has 0 aliphatic rings. The van der Waals surface area contributed by atoms with Crippen LogP contribution in [0.2, 0.25) is 0 Å². The average Bonchev–Trinajstić information content (AvgIpc) is 2.82. The molecule has 0 bridgehead atoms. The molecule has 2 amide bonds. The Hall–Kier alpha value is -2.04. The summed E-state index contributed by atoms with van der Waals surface area (Å²) in [6.45, 7) is 17.1. The standard InChI is InChI=1S/C24H48N6O4/c1-9-13-34-14-12-26-21(31)10-11-22(32)28-16-24(7,15-27-18(2)19(3)30-33)17-29-23(5,6)20(4)25-8/h18,27,29,33H,9-17H2,1-8H3,(H,26,31)(H,28,32)/b25-20?,30-19-. The van der Waals surface area contributed by atoms with Crippen molar-refractivity contribution in [2.24, 2.45) is 15.6 Å². The molecule has 10 nitrogen and oxygen atoms in total. The molecule has 0 fully saturated rings. The molecule has 0 saturated heterocycles. The van der Waals surface area contributed by atoms with E-state index in [0.29, 0.717) is 45.1 Å². The number of oxime groups is 1. The van der Waals surface area contributed by atoms with Crippen LogP contribution in [0, 0.1) is 5.41 Å². The third-order valence-corrected chi connectivity index (χ3v) is 6.02. The van der Waals surface area contributed by atoms with Crippen LogP contribution in [-0.4, -0.2) is 86.5 Å². The van der Waals surface area contributed by atoms with Crippen molar-refractivity contribution in [3.63, 3.8) is 0 Å². The van der Waals surface area contributed by atoms with Crippen LogP contribution in [0.25, 0.3) is 0 Å². The molecule has 198 valence electrons. The minimum Gasteiger partial charge on any atom is -0.411 e. The van der Waals surface area contributed by atoms with E-state index >= 15 is 0 Å². The predicted octanol–water partition coefficient (Wildman–Crippen LogP) is 1.72. The summed E-state index contributed by atoms with van der Waals surface area (Å²) in [5, 5.41) is 25.0. The fourth-order valence-corrected chi connectivity index (χ4v) is 2.89. The lowest BCUT2D eigenvalue weighted by molar-refractivity contribution is -0.126. The summed E-state index contributed by atoms with van der Waals surface area (Å²) in [6.07, 6.45) is 1.20. The molecule has 0 aliphatic heterocycles. The highest BCUT2D eigenvalue weighted by Crippen LogP contribution is 2.16. The molecule has 0 rings (SSSR count). The minimum atomic E-state index is -0.343. The molecule has 34 heavy (non-hydrogen) atoms. The molecule has 0 radical (unpaired) electrons. The van der Waals surface area contributed by atoms with Crippen molar-refractivity contribution >= 4 is 23.2 Å². The van der Waals surface area contributed by atoms with Gasteiger partial charge < -0.3 is 31.2 Å². The normalized spacial score (nSPS) is 15.5. The molecule has 5 N–H and O–H groups in total. The van der Waals surface area contributed by atoms with E-state index in [4.69, 9.17) is 9.94 Å². The molecular weight excluding hydrogens is 436 g/mol. The number of hydrogen-bond acceptors (Lipinski definition) is 8. The number of rotatable bonds is 18. The van der Waals surface area contributed by atoms with Gasteiger partial charge in [0.05, 0.1) is 17.9 Å². The van der Waals surface area contributed by atoms with Crippen LogP contribution < -0.4 is 21.3 Å². The lowest BCUT2D eigenvalue weighted by atomic mass is 9.87. The van der Waals surface area contributed by atoms with E-state index in [1.165, 1.54) is 0 Å². The second kappa shape index (κ2) is 16.6. The van der Waals surface area contributed by atoms with Crippen LogP contribution in [0.3, 0.4) is 0 Å². The van der Waals surface area contributed by atoms with E-state index in [0.717, 1.165) is 12.1 Å². The van der Waals surface area contributed by atoms with Crippen LogP contribution in [0.15, 0.2) is 10.1 Å². The smallest absolute Gasteiger partial charge is 0.220 e. The number of aliphatic imine (C=N–C) groups is 1. The first-order valence-electron chi connectivity index (χ1n) is 12.1. The summed E-state index contributed by atoms with van der Waals surface area (Å²) in [6, 6.07) is -0.114. The van der Waals surface area contributed by atoms with Crippen molar-refractivity contribution < 1.29 is 19.5 Å². The van der Waals surface area contributed by atoms with Gasteiger partial charge in [0.25, 0.3) is 0 Å². The van der Waals surface area contributed by atoms with Gasteiger partial charge >= 0.3 is 0 Å². The van der Waals surface area contributed by atoms with Gasteiger partial charge in [-0.2, -0.15) is 0 Å². The van der Waals surface area contributed by atoms with E-state index in [-0.39, 0.29) is 41.7 Å². The molecule has 0 heterocycles. The molecular formula is C24H48N6O4. The van der Waals surface area contributed by atoms with Crippen molar-refractivity contribution in [3.05, 3.63) is 0 Å². The summed E-state index contributed by atoms with van der Waals surface area (Å²) < 4.78 is 5.33. The molecule has 0 spiro atoms. The summed E-state index contributed by atoms with van der Waals surface area (Å²) in [7, 11) is 1.77. The fourth-order valence-electron chi connectivity index (χ4n) is 2.89. The van der Waals surface area contributed by atoms with Gasteiger partial charge in [-0.05, 0) is 41.0 Å². The topological polar surface area (TPSA) is 136 Å². The highest BCUT2D eigenvalue weighted by Gasteiger charge is 2.30. The third-order valence-electron chi connectivity index (χ3n) is 6.02. The highest BCUT2D eigenvalue weighted by atomic mass is 16.5. The second-order valence-electron chi connectivity index (χ2n) is 9.68. The molecule has 2 atom stereocenters. The molecule has 0 saturated carbocycles. The van der Waals surface area contributed by atoms with Crippen molar-refractivity contribution in [1.29, 1.82) is 0 Å². The quantitative estimate of drug-likeness (QED) is 0.0870. The molecule has 0 aliphatic carbocycles. The van der Waals surface area contributed by atoms with Crippen molar-refractivity contribution in [2.45, 2.75) is 79.3 Å². The first kappa shape index (κ1) is 32.0. The molecule has 2 unspecified atom stereocenters. The number of ether oxygens (including phenoxy) is 1. The predicted molar refractivity (Wildman–Crippen MR) is 138 cm³/mol. The van der Waals surface area contributed by atoms with E-state index < -0.39 is 0 Å². The Morgan fingerprint density at radius 2 is 1.62 bits per heavy atom. The van der Waals surface area contributed by atoms with Crippen molar-refractivity contribution in [1.82, 2.24) is 21.3 Å². The summed E-state index contributed by atoms with van der Waals surface area (Å²) in [5.74, 6) is -0.333. The van der Waals surface area contributed by atoms with E-state index in [1.807, 2.05) is 20.8 Å². The average molecular weight is 485 g/mol. The number of carbonyl (C=O) groups excluding carboxylic acids is 2. The zero-order chi connectivity index (χ0) is 26.2. The maximum Gasteiger partial charge on any atom is 0.220 e. The number of amides is 2.